The molecule has 0 bridgehead atoms. The maximum Gasteiger partial charge on any atom is 0.234 e. The standard InChI is InChI=1S/C22H24N4OS/c1-15(22-25-19-9-5-6-10-20(19)28-22)26(2)14-21(27)23-12-11-16-13-24-18-8-4-3-7-17(16)18/h3-10,13,15,24H,11-12,14H2,1-2H3,(H,23,27)/t15-/m1/s1. The van der Waals surface area contributed by atoms with Gasteiger partial charge in [0.25, 0.3) is 0 Å². The van der Waals surface area contributed by atoms with Crippen molar-refractivity contribution in [1.82, 2.24) is 20.2 Å². The molecule has 4 rings (SSSR count). The quantitative estimate of drug-likeness (QED) is 0.497. The van der Waals surface area contributed by atoms with Gasteiger partial charge >= 0.3 is 0 Å². The van der Waals surface area contributed by atoms with Gasteiger partial charge in [-0.2, -0.15) is 0 Å². The molecule has 2 N–H and O–H groups in total. The molecule has 0 spiro atoms. The van der Waals surface area contributed by atoms with Gasteiger partial charge in [-0.3, -0.25) is 9.69 Å². The molecule has 144 valence electrons. The minimum atomic E-state index is 0.0373. The Morgan fingerprint density at radius 2 is 2.00 bits per heavy atom. The van der Waals surface area contributed by atoms with Crippen molar-refractivity contribution in [2.24, 2.45) is 0 Å². The summed E-state index contributed by atoms with van der Waals surface area (Å²) in [6.07, 6.45) is 2.84. The van der Waals surface area contributed by atoms with E-state index in [1.54, 1.807) is 11.3 Å². The van der Waals surface area contributed by atoms with E-state index in [9.17, 15) is 4.79 Å². The lowest BCUT2D eigenvalue weighted by Crippen LogP contribution is -2.37. The van der Waals surface area contributed by atoms with E-state index in [2.05, 4.69) is 35.4 Å². The first-order chi connectivity index (χ1) is 13.6. The third-order valence-corrected chi connectivity index (χ3v) is 6.32. The summed E-state index contributed by atoms with van der Waals surface area (Å²) in [6, 6.07) is 16.5. The van der Waals surface area contributed by atoms with Crippen LogP contribution in [0.25, 0.3) is 21.1 Å². The number of amides is 1. The number of carbonyl (C=O) groups excluding carboxylic acids is 1. The number of benzene rings is 2. The Morgan fingerprint density at radius 3 is 2.86 bits per heavy atom. The molecule has 1 atom stereocenters. The van der Waals surface area contributed by atoms with Gasteiger partial charge < -0.3 is 10.3 Å². The Bertz CT molecular complexity index is 1070. The summed E-state index contributed by atoms with van der Waals surface area (Å²) < 4.78 is 1.18. The fourth-order valence-electron chi connectivity index (χ4n) is 3.35. The molecule has 2 heterocycles. The SMILES string of the molecule is C[C@H](c1nc2ccccc2s1)N(C)CC(=O)NCCc1c[nH]c2ccccc12. The molecule has 0 fully saturated rings. The van der Waals surface area contributed by atoms with Crippen LogP contribution in [0.2, 0.25) is 0 Å². The van der Waals surface area contributed by atoms with Gasteiger partial charge in [-0.15, -0.1) is 11.3 Å². The fourth-order valence-corrected chi connectivity index (χ4v) is 4.44. The molecule has 0 aliphatic carbocycles. The van der Waals surface area contributed by atoms with Crippen molar-refractivity contribution in [1.29, 1.82) is 0 Å². The molecule has 28 heavy (non-hydrogen) atoms. The molecule has 6 heteroatoms. The highest BCUT2D eigenvalue weighted by Crippen LogP contribution is 2.28. The second-order valence-corrected chi connectivity index (χ2v) is 8.13. The maximum atomic E-state index is 12.4. The van der Waals surface area contributed by atoms with Crippen LogP contribution in [0, 0.1) is 0 Å². The van der Waals surface area contributed by atoms with Gasteiger partial charge in [0.05, 0.1) is 22.8 Å². The van der Waals surface area contributed by atoms with Gasteiger partial charge in [0.15, 0.2) is 0 Å². The van der Waals surface area contributed by atoms with Crippen LogP contribution in [0.3, 0.4) is 0 Å². The molecule has 1 amide bonds. The molecule has 0 unspecified atom stereocenters. The lowest BCUT2D eigenvalue weighted by Gasteiger charge is -2.22. The number of H-pyrrole nitrogens is 1. The minimum absolute atomic E-state index is 0.0373. The Morgan fingerprint density at radius 1 is 1.21 bits per heavy atom. The summed E-state index contributed by atoms with van der Waals surface area (Å²) >= 11 is 1.69. The van der Waals surface area contributed by atoms with Crippen molar-refractivity contribution in [3.05, 3.63) is 65.3 Å². The first-order valence-electron chi connectivity index (χ1n) is 9.49. The molecule has 0 radical (unpaired) electrons. The summed E-state index contributed by atoms with van der Waals surface area (Å²) in [5.74, 6) is 0.0373. The lowest BCUT2D eigenvalue weighted by atomic mass is 10.1. The topological polar surface area (TPSA) is 61.0 Å². The average molecular weight is 393 g/mol. The highest BCUT2D eigenvalue weighted by atomic mass is 32.1. The van der Waals surface area contributed by atoms with E-state index >= 15 is 0 Å². The van der Waals surface area contributed by atoms with Crippen molar-refractivity contribution in [2.75, 3.05) is 20.1 Å². The van der Waals surface area contributed by atoms with Gasteiger partial charge in [0.1, 0.15) is 5.01 Å². The Hall–Kier alpha value is -2.70. The van der Waals surface area contributed by atoms with Gasteiger partial charge in [-0.25, -0.2) is 4.98 Å². The van der Waals surface area contributed by atoms with Crippen LogP contribution in [0.15, 0.2) is 54.7 Å². The smallest absolute Gasteiger partial charge is 0.234 e. The van der Waals surface area contributed by atoms with Crippen molar-refractivity contribution >= 4 is 38.4 Å². The van der Waals surface area contributed by atoms with E-state index in [1.165, 1.54) is 15.6 Å². The Kier molecular flexibility index (Phi) is 5.41. The zero-order valence-electron chi connectivity index (χ0n) is 16.1. The van der Waals surface area contributed by atoms with Crippen LogP contribution in [0.1, 0.15) is 23.5 Å². The number of aromatic nitrogens is 2. The normalized spacial score (nSPS) is 12.7. The highest BCUT2D eigenvalue weighted by Gasteiger charge is 2.18. The van der Waals surface area contributed by atoms with Crippen LogP contribution >= 0.6 is 11.3 Å². The number of para-hydroxylation sites is 2. The Labute approximate surface area is 168 Å². The number of hydrogen-bond acceptors (Lipinski definition) is 4. The molecule has 0 aliphatic rings. The molecular formula is C22H24N4OS. The highest BCUT2D eigenvalue weighted by molar-refractivity contribution is 7.18. The van der Waals surface area contributed by atoms with Gasteiger partial charge in [0, 0.05) is 23.6 Å². The number of thiazole rings is 1. The van der Waals surface area contributed by atoms with E-state index in [1.807, 2.05) is 48.5 Å². The zero-order chi connectivity index (χ0) is 19.5. The predicted octanol–water partition coefficient (Wildman–Crippen LogP) is 4.13. The largest absolute Gasteiger partial charge is 0.361 e. The molecule has 0 aliphatic heterocycles. The number of aromatic amines is 1. The van der Waals surface area contributed by atoms with E-state index in [-0.39, 0.29) is 11.9 Å². The lowest BCUT2D eigenvalue weighted by molar-refractivity contribution is -0.122. The van der Waals surface area contributed by atoms with Gasteiger partial charge in [0.2, 0.25) is 5.91 Å². The second kappa shape index (κ2) is 8.12. The second-order valence-electron chi connectivity index (χ2n) is 7.07. The number of carbonyl (C=O) groups is 1. The first kappa shape index (κ1) is 18.7. The van der Waals surface area contributed by atoms with E-state index < -0.39 is 0 Å². The van der Waals surface area contributed by atoms with Crippen LogP contribution < -0.4 is 5.32 Å². The number of hydrogen-bond donors (Lipinski definition) is 2. The van der Waals surface area contributed by atoms with Crippen molar-refractivity contribution in [3.63, 3.8) is 0 Å². The summed E-state index contributed by atoms with van der Waals surface area (Å²) in [6.45, 7) is 3.08. The average Bonchev–Trinajstić information content (AvgIpc) is 3.31. The maximum absolute atomic E-state index is 12.4. The van der Waals surface area contributed by atoms with Gasteiger partial charge in [-0.05, 0) is 44.2 Å². The number of fused-ring (bicyclic) bond motifs is 2. The summed E-state index contributed by atoms with van der Waals surface area (Å²) in [4.78, 5) is 22.4. The predicted molar refractivity (Wildman–Crippen MR) is 116 cm³/mol. The van der Waals surface area contributed by atoms with E-state index in [0.717, 1.165) is 22.5 Å². The Balaban J connectivity index is 1.30. The summed E-state index contributed by atoms with van der Waals surface area (Å²) in [7, 11) is 1.97. The fraction of sp³-hybridized carbons (Fsp3) is 0.273. The molecular weight excluding hydrogens is 368 g/mol. The summed E-state index contributed by atoms with van der Waals surface area (Å²) in [5.41, 5.74) is 3.38. The van der Waals surface area contributed by atoms with Gasteiger partial charge in [-0.1, -0.05) is 30.3 Å². The minimum Gasteiger partial charge on any atom is -0.361 e. The molecule has 4 aromatic rings. The van der Waals surface area contributed by atoms with Crippen molar-refractivity contribution in [2.45, 2.75) is 19.4 Å². The monoisotopic (exact) mass is 392 g/mol. The molecule has 0 saturated carbocycles. The van der Waals surface area contributed by atoms with E-state index in [0.29, 0.717) is 13.1 Å². The van der Waals surface area contributed by atoms with Crippen LogP contribution in [-0.4, -0.2) is 40.9 Å². The molecule has 5 nitrogen and oxygen atoms in total. The van der Waals surface area contributed by atoms with Crippen LogP contribution in [0.4, 0.5) is 0 Å². The third-order valence-electron chi connectivity index (χ3n) is 5.11. The zero-order valence-corrected chi connectivity index (χ0v) is 16.9. The van der Waals surface area contributed by atoms with Crippen LogP contribution in [0.5, 0.6) is 0 Å². The number of likely N-dealkylation sites (N-methyl/N-ethyl adjacent to an activating group) is 1. The number of rotatable bonds is 7. The molecule has 2 aromatic heterocycles. The van der Waals surface area contributed by atoms with Crippen LogP contribution in [-0.2, 0) is 11.2 Å². The van der Waals surface area contributed by atoms with Crippen molar-refractivity contribution in [3.8, 4) is 0 Å². The third kappa shape index (κ3) is 3.93. The van der Waals surface area contributed by atoms with Crippen molar-refractivity contribution < 1.29 is 4.79 Å². The summed E-state index contributed by atoms with van der Waals surface area (Å²) in [5, 5.41) is 5.30. The molecule has 0 saturated heterocycles. The first-order valence-corrected chi connectivity index (χ1v) is 10.3. The number of nitrogens with zero attached hydrogens (tertiary/aromatic N) is 2. The van der Waals surface area contributed by atoms with E-state index in [4.69, 9.17) is 4.98 Å². The number of nitrogens with one attached hydrogen (secondary N) is 2. The molecule has 2 aromatic carbocycles.